The van der Waals surface area contributed by atoms with E-state index in [1.807, 2.05) is 35.2 Å². The van der Waals surface area contributed by atoms with Crippen molar-refractivity contribution in [3.05, 3.63) is 77.5 Å². The van der Waals surface area contributed by atoms with Crippen molar-refractivity contribution in [1.29, 1.82) is 0 Å². The number of carbonyl (C=O) groups is 1. The Kier molecular flexibility index (Phi) is 5.13. The van der Waals surface area contributed by atoms with E-state index >= 15 is 0 Å². The van der Waals surface area contributed by atoms with Gasteiger partial charge in [0.1, 0.15) is 17.2 Å². The first-order valence-corrected chi connectivity index (χ1v) is 11.9. The summed E-state index contributed by atoms with van der Waals surface area (Å²) in [6.07, 6.45) is 10.1. The molecular weight excluding hydrogens is 424 g/mol. The molecule has 1 amide bonds. The molecule has 170 valence electrons. The Morgan fingerprint density at radius 3 is 2.97 bits per heavy atom. The number of pyridine rings is 1. The smallest absolute Gasteiger partial charge is 0.219 e. The monoisotopic (exact) mass is 450 g/mol. The topological polar surface area (TPSA) is 71.1 Å². The minimum absolute atomic E-state index is 0.0148. The molecule has 6 nitrogen and oxygen atoms in total. The van der Waals surface area contributed by atoms with Crippen LogP contribution in [-0.2, 0) is 11.2 Å². The van der Waals surface area contributed by atoms with Crippen LogP contribution in [0.15, 0.2) is 60.8 Å². The third-order valence-corrected chi connectivity index (χ3v) is 6.76. The molecule has 2 aliphatic rings. The van der Waals surface area contributed by atoms with Gasteiger partial charge in [-0.2, -0.15) is 0 Å². The maximum Gasteiger partial charge on any atom is 0.219 e. The Bertz CT molecular complexity index is 1410. The Morgan fingerprint density at radius 2 is 2.12 bits per heavy atom. The molecule has 1 aliphatic carbocycles. The van der Waals surface area contributed by atoms with Crippen LogP contribution < -0.4 is 4.74 Å². The van der Waals surface area contributed by atoms with Crippen LogP contribution in [0.4, 0.5) is 0 Å². The van der Waals surface area contributed by atoms with Crippen molar-refractivity contribution in [1.82, 2.24) is 19.9 Å². The lowest BCUT2D eigenvalue weighted by atomic mass is 9.97. The Balaban J connectivity index is 1.45. The Labute approximate surface area is 198 Å². The third kappa shape index (κ3) is 3.75. The number of fused-ring (bicyclic) bond motifs is 2. The van der Waals surface area contributed by atoms with Gasteiger partial charge in [-0.1, -0.05) is 24.3 Å². The summed E-state index contributed by atoms with van der Waals surface area (Å²) in [7, 11) is 0. The van der Waals surface area contributed by atoms with E-state index in [1.165, 1.54) is 11.1 Å². The lowest BCUT2D eigenvalue weighted by Gasteiger charge is -2.25. The number of allylic oxidation sites excluding steroid dienone is 1. The van der Waals surface area contributed by atoms with Gasteiger partial charge in [0.25, 0.3) is 0 Å². The first-order valence-electron chi connectivity index (χ1n) is 11.9. The highest BCUT2D eigenvalue weighted by Gasteiger charge is 2.31. The standard InChI is InChI=1S/C28H26N4O2/c1-18(33)32-14-6-10-26(32)22-16-24-25(31-28(30-24)23-9-4-5-13-29-23)17-27(22)34-21-12-11-19-7-2-3-8-20(19)15-21/h2,4-5,7,9,11-13,15-17,26H,3,6,8,10,14H2,1H3,(H,30,31). The largest absolute Gasteiger partial charge is 0.457 e. The number of carbonyl (C=O) groups excluding carboxylic acids is 1. The number of aromatic nitrogens is 3. The average molecular weight is 451 g/mol. The fraction of sp³-hybridized carbons (Fsp3) is 0.250. The molecular formula is C28H26N4O2. The van der Waals surface area contributed by atoms with Crippen LogP contribution >= 0.6 is 0 Å². The van der Waals surface area contributed by atoms with E-state index in [1.54, 1.807) is 13.1 Å². The molecule has 1 aliphatic heterocycles. The number of hydrogen-bond acceptors (Lipinski definition) is 4. The summed E-state index contributed by atoms with van der Waals surface area (Å²) in [6.45, 7) is 2.41. The molecule has 1 atom stereocenters. The van der Waals surface area contributed by atoms with E-state index in [-0.39, 0.29) is 11.9 Å². The summed E-state index contributed by atoms with van der Waals surface area (Å²) >= 11 is 0. The number of nitrogens with zero attached hydrogens (tertiary/aromatic N) is 3. The van der Waals surface area contributed by atoms with Gasteiger partial charge >= 0.3 is 0 Å². The fourth-order valence-corrected chi connectivity index (χ4v) is 5.10. The highest BCUT2D eigenvalue weighted by Crippen LogP contribution is 2.41. The number of imidazole rings is 1. The van der Waals surface area contributed by atoms with Crippen LogP contribution in [0.2, 0.25) is 0 Å². The third-order valence-electron chi connectivity index (χ3n) is 6.76. The Hall–Kier alpha value is -3.93. The summed E-state index contributed by atoms with van der Waals surface area (Å²) in [6, 6.07) is 16.1. The maximum absolute atomic E-state index is 12.4. The molecule has 0 bridgehead atoms. The number of H-pyrrole nitrogens is 1. The number of likely N-dealkylation sites (tertiary alicyclic amines) is 1. The number of aryl methyl sites for hydroxylation is 1. The number of rotatable bonds is 4. The molecule has 4 aromatic rings. The van der Waals surface area contributed by atoms with E-state index in [9.17, 15) is 4.79 Å². The molecule has 1 unspecified atom stereocenters. The van der Waals surface area contributed by atoms with Crippen LogP contribution in [0, 0.1) is 0 Å². The van der Waals surface area contributed by atoms with Crippen molar-refractivity contribution in [2.45, 2.75) is 38.6 Å². The summed E-state index contributed by atoms with van der Waals surface area (Å²) in [5.41, 5.74) is 6.07. The maximum atomic E-state index is 12.4. The average Bonchev–Trinajstić information content (AvgIpc) is 3.51. The fourth-order valence-electron chi connectivity index (χ4n) is 5.10. The predicted molar refractivity (Wildman–Crippen MR) is 133 cm³/mol. The minimum Gasteiger partial charge on any atom is -0.457 e. The van der Waals surface area contributed by atoms with Crippen molar-refractivity contribution >= 4 is 23.0 Å². The quantitative estimate of drug-likeness (QED) is 0.410. The van der Waals surface area contributed by atoms with Gasteiger partial charge in [-0.15, -0.1) is 0 Å². The van der Waals surface area contributed by atoms with Gasteiger partial charge in [0.05, 0.1) is 17.1 Å². The molecule has 1 fully saturated rings. The normalized spacial score (nSPS) is 17.2. The number of benzene rings is 2. The van der Waals surface area contributed by atoms with Gasteiger partial charge in [0.15, 0.2) is 5.82 Å². The zero-order valence-electron chi connectivity index (χ0n) is 19.1. The zero-order chi connectivity index (χ0) is 23.1. The van der Waals surface area contributed by atoms with Crippen LogP contribution in [0.1, 0.15) is 48.9 Å². The number of aromatic amines is 1. The lowest BCUT2D eigenvalue weighted by molar-refractivity contribution is -0.129. The van der Waals surface area contributed by atoms with Crippen molar-refractivity contribution in [3.63, 3.8) is 0 Å². The van der Waals surface area contributed by atoms with Gasteiger partial charge in [-0.25, -0.2) is 4.98 Å². The first kappa shape index (κ1) is 20.7. The first-order chi connectivity index (χ1) is 16.7. The molecule has 2 aromatic carbocycles. The second-order valence-electron chi connectivity index (χ2n) is 8.98. The molecule has 0 saturated carbocycles. The van der Waals surface area contributed by atoms with Crippen LogP contribution in [0.5, 0.6) is 11.5 Å². The van der Waals surface area contributed by atoms with Gasteiger partial charge in [-0.05, 0) is 67.1 Å². The molecule has 1 saturated heterocycles. The highest BCUT2D eigenvalue weighted by atomic mass is 16.5. The highest BCUT2D eigenvalue weighted by molar-refractivity contribution is 5.82. The number of ether oxygens (including phenoxy) is 1. The summed E-state index contributed by atoms with van der Waals surface area (Å²) < 4.78 is 6.51. The van der Waals surface area contributed by atoms with Gasteiger partial charge in [-0.3, -0.25) is 9.78 Å². The van der Waals surface area contributed by atoms with Crippen LogP contribution in [0.3, 0.4) is 0 Å². The van der Waals surface area contributed by atoms with E-state index < -0.39 is 0 Å². The van der Waals surface area contributed by atoms with E-state index in [0.29, 0.717) is 5.82 Å². The van der Waals surface area contributed by atoms with Crippen molar-refractivity contribution in [2.24, 2.45) is 0 Å². The SMILES string of the molecule is CC(=O)N1CCCC1c1cc2[nH]c(-c3ccccn3)nc2cc1Oc1ccc2c(c1)CCC=C2. The van der Waals surface area contributed by atoms with Crippen molar-refractivity contribution in [3.8, 4) is 23.0 Å². The number of hydrogen-bond donors (Lipinski definition) is 1. The van der Waals surface area contributed by atoms with Gasteiger partial charge in [0.2, 0.25) is 5.91 Å². The van der Waals surface area contributed by atoms with Crippen molar-refractivity contribution < 1.29 is 9.53 Å². The van der Waals surface area contributed by atoms with Crippen molar-refractivity contribution in [2.75, 3.05) is 6.54 Å². The van der Waals surface area contributed by atoms with Gasteiger partial charge in [0, 0.05) is 31.3 Å². The summed E-state index contributed by atoms with van der Waals surface area (Å²) in [5, 5.41) is 0. The number of nitrogens with one attached hydrogen (secondary N) is 1. The molecule has 6 rings (SSSR count). The van der Waals surface area contributed by atoms with Gasteiger partial charge < -0.3 is 14.6 Å². The van der Waals surface area contributed by atoms with E-state index in [2.05, 4.69) is 40.3 Å². The Morgan fingerprint density at radius 1 is 1.18 bits per heavy atom. The molecule has 1 N–H and O–H groups in total. The molecule has 34 heavy (non-hydrogen) atoms. The number of amides is 1. The van der Waals surface area contributed by atoms with Crippen LogP contribution in [-0.4, -0.2) is 32.3 Å². The molecule has 0 radical (unpaired) electrons. The second kappa shape index (κ2) is 8.45. The van der Waals surface area contributed by atoms with Crippen LogP contribution in [0.25, 0.3) is 28.6 Å². The van der Waals surface area contributed by atoms with E-state index in [0.717, 1.165) is 66.0 Å². The lowest BCUT2D eigenvalue weighted by Crippen LogP contribution is -2.28. The molecule has 0 spiro atoms. The zero-order valence-corrected chi connectivity index (χ0v) is 19.1. The molecule has 3 heterocycles. The summed E-state index contributed by atoms with van der Waals surface area (Å²) in [4.78, 5) is 26.9. The molecule has 2 aromatic heterocycles. The minimum atomic E-state index is -0.0148. The second-order valence-corrected chi connectivity index (χ2v) is 8.98. The van der Waals surface area contributed by atoms with E-state index in [4.69, 9.17) is 9.72 Å². The predicted octanol–water partition coefficient (Wildman–Crippen LogP) is 6.06. The summed E-state index contributed by atoms with van der Waals surface area (Å²) in [5.74, 6) is 2.36. The molecule has 6 heteroatoms.